The van der Waals surface area contributed by atoms with Crippen molar-refractivity contribution >= 4 is 35.5 Å². The molecule has 1 aromatic carbocycles. The summed E-state index contributed by atoms with van der Waals surface area (Å²) >= 11 is 0. The lowest BCUT2D eigenvalue weighted by atomic mass is 9.92. The van der Waals surface area contributed by atoms with Crippen LogP contribution in [0.2, 0.25) is 0 Å². The van der Waals surface area contributed by atoms with Crippen LogP contribution in [-0.2, 0) is 42.9 Å². The summed E-state index contributed by atoms with van der Waals surface area (Å²) in [7, 11) is 1.35. The van der Waals surface area contributed by atoms with Crippen molar-refractivity contribution in [3.05, 3.63) is 24.3 Å². The fourth-order valence-electron chi connectivity index (χ4n) is 3.41. The maximum absolute atomic E-state index is 14.0. The number of alkyl halides is 3. The Hall–Kier alpha value is -3.88. The number of aliphatic carboxylic acids is 1. The van der Waals surface area contributed by atoms with E-state index in [1.54, 1.807) is 0 Å². The van der Waals surface area contributed by atoms with Crippen molar-refractivity contribution in [3.63, 3.8) is 0 Å². The monoisotopic (exact) mass is 535 g/mol. The molecule has 2 rings (SSSR count). The van der Waals surface area contributed by atoms with Crippen LogP contribution in [0.1, 0.15) is 27.7 Å². The van der Waals surface area contributed by atoms with Crippen molar-refractivity contribution in [1.82, 2.24) is 0 Å². The highest BCUT2D eigenvalue weighted by Gasteiger charge is 2.62. The molecule has 0 aliphatic carbocycles. The Balaban J connectivity index is 2.66. The summed E-state index contributed by atoms with van der Waals surface area (Å²) in [6.45, 7) is 3.50. The first-order valence-corrected chi connectivity index (χ1v) is 10.5. The quantitative estimate of drug-likeness (QED) is 0.237. The van der Waals surface area contributed by atoms with Gasteiger partial charge in [-0.15, -0.1) is 0 Å². The molecule has 1 aromatic rings. The van der Waals surface area contributed by atoms with E-state index in [9.17, 15) is 37.5 Å². The average Bonchev–Trinajstić information content (AvgIpc) is 2.76. The van der Waals surface area contributed by atoms with Gasteiger partial charge in [0.25, 0.3) is 11.7 Å². The molecule has 1 aliphatic heterocycles. The first kappa shape index (κ1) is 29.4. The summed E-state index contributed by atoms with van der Waals surface area (Å²) in [5.74, 6) is -9.33. The number of carbonyl (C=O) groups excluding carboxylic acids is 3. The van der Waals surface area contributed by atoms with Gasteiger partial charge in [0.15, 0.2) is 18.3 Å². The van der Waals surface area contributed by atoms with E-state index in [-0.39, 0.29) is 5.69 Å². The lowest BCUT2D eigenvalue weighted by Crippen LogP contribution is -2.69. The molecule has 1 heterocycles. The maximum Gasteiger partial charge on any atom is 0.468 e. The fraction of sp³-hybridized carbons (Fsp3) is 0.500. The Bertz CT molecular complexity index is 1060. The van der Waals surface area contributed by atoms with Gasteiger partial charge in [-0.2, -0.15) is 13.2 Å². The molecule has 0 spiro atoms. The number of ether oxygens (including phenoxy) is 6. The van der Waals surface area contributed by atoms with E-state index in [0.717, 1.165) is 27.7 Å². The Kier molecular flexibility index (Phi) is 9.08. The number of methoxy groups -OCH3 is 1. The van der Waals surface area contributed by atoms with Gasteiger partial charge in [-0.25, -0.2) is 9.79 Å². The molecule has 204 valence electrons. The first-order valence-electron chi connectivity index (χ1n) is 10.5. The zero-order valence-corrected chi connectivity index (χ0v) is 20.2. The SMILES string of the molecule is COc1ccc(N=C(OC2(C)O[C@H](C(=O)O)[C@@H](OC(C)=O)[C@H](OC(C)=O)[C@H]2OC(C)=O)C(F)(F)F)cc1. The second-order valence-electron chi connectivity index (χ2n) is 7.79. The number of carbonyl (C=O) groups is 4. The summed E-state index contributed by atoms with van der Waals surface area (Å²) in [4.78, 5) is 50.6. The van der Waals surface area contributed by atoms with Gasteiger partial charge >= 0.3 is 30.1 Å². The third-order valence-corrected chi connectivity index (χ3v) is 4.78. The number of halogens is 3. The van der Waals surface area contributed by atoms with Crippen molar-refractivity contribution < 1.29 is 65.9 Å². The van der Waals surface area contributed by atoms with Crippen LogP contribution < -0.4 is 4.74 Å². The van der Waals surface area contributed by atoms with Crippen molar-refractivity contribution in [2.45, 2.75) is 64.1 Å². The Morgan fingerprint density at radius 1 is 0.946 bits per heavy atom. The highest BCUT2D eigenvalue weighted by molar-refractivity contribution is 5.85. The molecular weight excluding hydrogens is 511 g/mol. The molecule has 12 nitrogen and oxygen atoms in total. The minimum atomic E-state index is -5.25. The Morgan fingerprint density at radius 2 is 1.46 bits per heavy atom. The number of carboxylic acid groups (broad SMARTS) is 1. The molecule has 1 saturated heterocycles. The number of hydrogen-bond acceptors (Lipinski definition) is 11. The van der Waals surface area contributed by atoms with Crippen LogP contribution >= 0.6 is 0 Å². The van der Waals surface area contributed by atoms with E-state index in [0.29, 0.717) is 5.75 Å². The molecule has 1 fully saturated rings. The number of benzene rings is 1. The van der Waals surface area contributed by atoms with Gasteiger partial charge in [-0.1, -0.05) is 0 Å². The highest BCUT2D eigenvalue weighted by Crippen LogP contribution is 2.39. The van der Waals surface area contributed by atoms with Gasteiger partial charge < -0.3 is 33.5 Å². The molecular formula is C22H24F3NO11. The van der Waals surface area contributed by atoms with Gasteiger partial charge in [0, 0.05) is 27.7 Å². The standard InChI is InChI=1S/C22H24F3NO11/c1-10(27)33-15-16(34-11(2)28)18(35-12(3)29)21(4,36-17(15)19(30)31)37-20(22(23,24)25)26-13-6-8-14(32-5)9-7-13/h6-9,15-18H,1-5H3,(H,30,31)/t15-,16-,17-,18+,21?/m0/s1. The van der Waals surface area contributed by atoms with Crippen LogP contribution in [0, 0.1) is 0 Å². The molecule has 0 bridgehead atoms. The molecule has 1 unspecified atom stereocenters. The van der Waals surface area contributed by atoms with Gasteiger partial charge in [0.05, 0.1) is 12.8 Å². The predicted molar refractivity (Wildman–Crippen MR) is 115 cm³/mol. The Morgan fingerprint density at radius 3 is 1.89 bits per heavy atom. The molecule has 37 heavy (non-hydrogen) atoms. The highest BCUT2D eigenvalue weighted by atomic mass is 19.4. The van der Waals surface area contributed by atoms with Gasteiger partial charge in [0.1, 0.15) is 5.75 Å². The zero-order valence-electron chi connectivity index (χ0n) is 20.2. The number of esters is 3. The number of aliphatic imine (C=N–C) groups is 1. The summed E-state index contributed by atoms with van der Waals surface area (Å²) in [5, 5.41) is 9.67. The van der Waals surface area contributed by atoms with Crippen molar-refractivity contribution in [2.75, 3.05) is 7.11 Å². The van der Waals surface area contributed by atoms with Crippen LogP contribution in [0.5, 0.6) is 5.75 Å². The summed E-state index contributed by atoms with van der Waals surface area (Å²) in [6, 6.07) is 5.02. The minimum absolute atomic E-state index is 0.235. The lowest BCUT2D eigenvalue weighted by Gasteiger charge is -2.48. The molecule has 0 radical (unpaired) electrons. The third-order valence-electron chi connectivity index (χ3n) is 4.78. The van der Waals surface area contributed by atoms with Gasteiger partial charge in [-0.3, -0.25) is 14.4 Å². The normalized spacial score (nSPS) is 26.0. The van der Waals surface area contributed by atoms with Gasteiger partial charge in [-0.05, 0) is 24.3 Å². The molecule has 5 atom stereocenters. The second-order valence-corrected chi connectivity index (χ2v) is 7.79. The number of rotatable bonds is 7. The topological polar surface area (TPSA) is 156 Å². The largest absolute Gasteiger partial charge is 0.497 e. The zero-order chi connectivity index (χ0) is 28.1. The Labute approximate surface area is 208 Å². The fourth-order valence-corrected chi connectivity index (χ4v) is 3.41. The third kappa shape index (κ3) is 7.55. The number of carboxylic acids is 1. The van der Waals surface area contributed by atoms with Crippen molar-refractivity contribution in [3.8, 4) is 5.75 Å². The molecule has 1 N–H and O–H groups in total. The van der Waals surface area contributed by atoms with Crippen molar-refractivity contribution in [2.24, 2.45) is 4.99 Å². The van der Waals surface area contributed by atoms with Crippen LogP contribution in [0.25, 0.3) is 0 Å². The molecule has 0 amide bonds. The summed E-state index contributed by atoms with van der Waals surface area (Å²) in [6.07, 6.45) is -13.4. The second kappa shape index (κ2) is 11.5. The van der Waals surface area contributed by atoms with E-state index < -0.39 is 66.2 Å². The molecule has 15 heteroatoms. The maximum atomic E-state index is 14.0. The summed E-state index contributed by atoms with van der Waals surface area (Å²) in [5.41, 5.74) is -0.235. The average molecular weight is 535 g/mol. The first-order chi connectivity index (χ1) is 17.1. The van der Waals surface area contributed by atoms with E-state index in [1.165, 1.54) is 31.4 Å². The molecule has 0 saturated carbocycles. The van der Waals surface area contributed by atoms with Crippen LogP contribution in [0.4, 0.5) is 18.9 Å². The predicted octanol–water partition coefficient (Wildman–Crippen LogP) is 2.30. The minimum Gasteiger partial charge on any atom is -0.497 e. The van der Waals surface area contributed by atoms with Crippen LogP contribution in [0.3, 0.4) is 0 Å². The number of hydrogen-bond donors (Lipinski definition) is 1. The summed E-state index contributed by atoms with van der Waals surface area (Å²) < 4.78 is 72.3. The van der Waals surface area contributed by atoms with E-state index in [2.05, 4.69) is 4.99 Å². The molecule has 1 aliphatic rings. The van der Waals surface area contributed by atoms with Crippen molar-refractivity contribution in [1.29, 1.82) is 0 Å². The molecule has 0 aromatic heterocycles. The van der Waals surface area contributed by atoms with Gasteiger partial charge in [0.2, 0.25) is 6.10 Å². The van der Waals surface area contributed by atoms with E-state index in [4.69, 9.17) is 28.4 Å². The van der Waals surface area contributed by atoms with E-state index in [1.807, 2.05) is 0 Å². The van der Waals surface area contributed by atoms with E-state index >= 15 is 0 Å². The van der Waals surface area contributed by atoms with Crippen LogP contribution in [-0.4, -0.2) is 78.4 Å². The lowest BCUT2D eigenvalue weighted by molar-refractivity contribution is -0.334. The number of nitrogens with zero attached hydrogens (tertiary/aromatic N) is 1. The van der Waals surface area contributed by atoms with Crippen LogP contribution in [0.15, 0.2) is 29.3 Å². The smallest absolute Gasteiger partial charge is 0.468 e.